The molecule has 3 nitrogen and oxygen atoms in total. The molecule has 0 amide bonds. The third-order valence-electron chi connectivity index (χ3n) is 2.78. The van der Waals surface area contributed by atoms with Crippen molar-refractivity contribution in [2.45, 2.75) is 19.5 Å². The summed E-state index contributed by atoms with van der Waals surface area (Å²) in [7, 11) is 0. The van der Waals surface area contributed by atoms with Crippen LogP contribution in [0.25, 0.3) is 0 Å². The van der Waals surface area contributed by atoms with Gasteiger partial charge in [-0.15, -0.1) is 11.3 Å². The van der Waals surface area contributed by atoms with Gasteiger partial charge in [0, 0.05) is 17.5 Å². The van der Waals surface area contributed by atoms with E-state index in [1.807, 2.05) is 30.3 Å². The zero-order valence-electron chi connectivity index (χ0n) is 10.8. The molecule has 19 heavy (non-hydrogen) atoms. The molecule has 0 spiro atoms. The van der Waals surface area contributed by atoms with Crippen LogP contribution in [-0.4, -0.2) is 6.61 Å². The Morgan fingerprint density at radius 1 is 1.37 bits per heavy atom. The first-order valence-electron chi connectivity index (χ1n) is 6.15. The molecule has 0 aliphatic heterocycles. The van der Waals surface area contributed by atoms with Crippen LogP contribution in [0.4, 0.5) is 0 Å². The van der Waals surface area contributed by atoms with Crippen LogP contribution in [0.2, 0.25) is 0 Å². The maximum atomic E-state index is 8.49. The van der Waals surface area contributed by atoms with Gasteiger partial charge in [-0.25, -0.2) is 0 Å². The summed E-state index contributed by atoms with van der Waals surface area (Å²) in [6, 6.07) is 14.3. The van der Waals surface area contributed by atoms with Gasteiger partial charge in [-0.1, -0.05) is 18.2 Å². The van der Waals surface area contributed by atoms with E-state index in [4.69, 9.17) is 10.00 Å². The van der Waals surface area contributed by atoms with Gasteiger partial charge in [-0.05, 0) is 36.1 Å². The minimum atomic E-state index is 0.0858. The third-order valence-corrected chi connectivity index (χ3v) is 3.84. The highest BCUT2D eigenvalue weighted by Crippen LogP contribution is 2.19. The second kappa shape index (κ2) is 6.93. The summed E-state index contributed by atoms with van der Waals surface area (Å²) in [4.78, 5) is 1.33. The lowest BCUT2D eigenvalue weighted by Gasteiger charge is -2.12. The molecule has 0 fully saturated rings. The van der Waals surface area contributed by atoms with Gasteiger partial charge in [0.05, 0.1) is 0 Å². The smallest absolute Gasteiger partial charge is 0.174 e. The van der Waals surface area contributed by atoms with Gasteiger partial charge in [-0.2, -0.15) is 5.26 Å². The number of hydrogen-bond donors (Lipinski definition) is 1. The van der Waals surface area contributed by atoms with Gasteiger partial charge in [0.2, 0.25) is 0 Å². The zero-order valence-corrected chi connectivity index (χ0v) is 11.6. The van der Waals surface area contributed by atoms with E-state index in [-0.39, 0.29) is 6.61 Å². The first-order valence-corrected chi connectivity index (χ1v) is 7.03. The van der Waals surface area contributed by atoms with Gasteiger partial charge in [0.1, 0.15) is 11.8 Å². The molecular weight excluding hydrogens is 256 g/mol. The highest BCUT2D eigenvalue weighted by molar-refractivity contribution is 7.10. The van der Waals surface area contributed by atoms with Crippen molar-refractivity contribution in [2.24, 2.45) is 0 Å². The summed E-state index contributed by atoms with van der Waals surface area (Å²) in [5, 5.41) is 14.1. The summed E-state index contributed by atoms with van der Waals surface area (Å²) >= 11 is 1.76. The van der Waals surface area contributed by atoms with E-state index >= 15 is 0 Å². The molecule has 0 unspecified atom stereocenters. The van der Waals surface area contributed by atoms with Crippen molar-refractivity contribution in [3.63, 3.8) is 0 Å². The minimum absolute atomic E-state index is 0.0858. The molecule has 0 saturated heterocycles. The fourth-order valence-corrected chi connectivity index (χ4v) is 2.53. The Morgan fingerprint density at radius 2 is 2.26 bits per heavy atom. The van der Waals surface area contributed by atoms with Crippen molar-refractivity contribution in [1.82, 2.24) is 5.32 Å². The Balaban J connectivity index is 1.90. The predicted molar refractivity (Wildman–Crippen MR) is 77.1 cm³/mol. The standard InChI is InChI=1S/C15H16N2OS/c1-12(15-6-3-9-19-15)17-11-13-4-2-5-14(10-13)18-8-7-16/h2-6,9-10,12,17H,8,11H2,1H3/t12-/m0/s1. The lowest BCUT2D eigenvalue weighted by molar-refractivity contribution is 0.367. The Labute approximate surface area is 117 Å². The minimum Gasteiger partial charge on any atom is -0.479 e. The number of rotatable bonds is 6. The SMILES string of the molecule is C[C@H](NCc1cccc(OCC#N)c1)c1cccs1. The Morgan fingerprint density at radius 3 is 3.00 bits per heavy atom. The van der Waals surface area contributed by atoms with Crippen LogP contribution in [0.15, 0.2) is 41.8 Å². The molecule has 4 heteroatoms. The van der Waals surface area contributed by atoms with Crippen LogP contribution in [0.1, 0.15) is 23.4 Å². The molecule has 1 heterocycles. The number of benzene rings is 1. The summed E-state index contributed by atoms with van der Waals surface area (Å²) in [6.07, 6.45) is 0. The molecule has 2 aromatic rings. The average molecular weight is 272 g/mol. The molecule has 0 saturated carbocycles. The van der Waals surface area contributed by atoms with Gasteiger partial charge in [-0.3, -0.25) is 0 Å². The lowest BCUT2D eigenvalue weighted by Crippen LogP contribution is -2.17. The fraction of sp³-hybridized carbons (Fsp3) is 0.267. The first-order chi connectivity index (χ1) is 9.29. The monoisotopic (exact) mass is 272 g/mol. The topological polar surface area (TPSA) is 45.0 Å². The van der Waals surface area contributed by atoms with Gasteiger partial charge in [0.15, 0.2) is 6.61 Å². The molecule has 1 aromatic heterocycles. The van der Waals surface area contributed by atoms with E-state index in [0.29, 0.717) is 6.04 Å². The molecule has 1 aromatic carbocycles. The molecule has 2 rings (SSSR count). The predicted octanol–water partition coefficient (Wildman–Crippen LogP) is 3.50. The van der Waals surface area contributed by atoms with Crippen molar-refractivity contribution in [3.8, 4) is 11.8 Å². The quantitative estimate of drug-likeness (QED) is 0.875. The number of ether oxygens (including phenoxy) is 1. The van der Waals surface area contributed by atoms with Crippen molar-refractivity contribution >= 4 is 11.3 Å². The molecule has 0 aliphatic rings. The van der Waals surface area contributed by atoms with E-state index in [9.17, 15) is 0 Å². The fourth-order valence-electron chi connectivity index (χ4n) is 1.77. The van der Waals surface area contributed by atoms with Gasteiger partial charge < -0.3 is 10.1 Å². The van der Waals surface area contributed by atoms with Crippen molar-refractivity contribution < 1.29 is 4.74 Å². The largest absolute Gasteiger partial charge is 0.479 e. The van der Waals surface area contributed by atoms with Crippen LogP contribution in [0.3, 0.4) is 0 Å². The van der Waals surface area contributed by atoms with Gasteiger partial charge >= 0.3 is 0 Å². The van der Waals surface area contributed by atoms with Crippen LogP contribution in [0, 0.1) is 11.3 Å². The Hall–Kier alpha value is -1.83. The van der Waals surface area contributed by atoms with Crippen LogP contribution in [0.5, 0.6) is 5.75 Å². The number of nitrogens with one attached hydrogen (secondary N) is 1. The van der Waals surface area contributed by atoms with Crippen molar-refractivity contribution in [1.29, 1.82) is 5.26 Å². The maximum Gasteiger partial charge on any atom is 0.174 e. The van der Waals surface area contributed by atoms with E-state index in [1.54, 1.807) is 11.3 Å². The number of hydrogen-bond acceptors (Lipinski definition) is 4. The second-order valence-corrected chi connectivity index (χ2v) is 5.19. The highest BCUT2D eigenvalue weighted by atomic mass is 32.1. The van der Waals surface area contributed by atoms with E-state index in [0.717, 1.165) is 17.9 Å². The normalized spacial score (nSPS) is 11.8. The Bertz CT molecular complexity index is 546. The second-order valence-electron chi connectivity index (χ2n) is 4.21. The van der Waals surface area contributed by atoms with Crippen molar-refractivity contribution in [3.05, 3.63) is 52.2 Å². The van der Waals surface area contributed by atoms with E-state index in [2.05, 4.69) is 29.8 Å². The highest BCUT2D eigenvalue weighted by Gasteiger charge is 2.05. The molecular formula is C15H16N2OS. The summed E-state index contributed by atoms with van der Waals surface area (Å²) in [5.41, 5.74) is 1.15. The molecule has 0 aliphatic carbocycles. The summed E-state index contributed by atoms with van der Waals surface area (Å²) in [6.45, 7) is 3.02. The summed E-state index contributed by atoms with van der Waals surface area (Å²) < 4.78 is 5.29. The third kappa shape index (κ3) is 4.09. The number of nitrogens with zero attached hydrogens (tertiary/aromatic N) is 1. The average Bonchev–Trinajstić information content (AvgIpc) is 2.97. The van der Waals surface area contributed by atoms with Gasteiger partial charge in [0.25, 0.3) is 0 Å². The van der Waals surface area contributed by atoms with Crippen molar-refractivity contribution in [2.75, 3.05) is 6.61 Å². The van der Waals surface area contributed by atoms with E-state index in [1.165, 1.54) is 4.88 Å². The maximum absolute atomic E-state index is 8.49. The zero-order chi connectivity index (χ0) is 13.5. The van der Waals surface area contributed by atoms with Crippen LogP contribution < -0.4 is 10.1 Å². The first kappa shape index (κ1) is 13.6. The van der Waals surface area contributed by atoms with Crippen LogP contribution >= 0.6 is 11.3 Å². The molecule has 0 radical (unpaired) electrons. The summed E-state index contributed by atoms with van der Waals surface area (Å²) in [5.74, 6) is 0.740. The number of nitriles is 1. The molecule has 98 valence electrons. The number of thiophene rings is 1. The molecule has 0 bridgehead atoms. The van der Waals surface area contributed by atoms with Crippen LogP contribution in [-0.2, 0) is 6.54 Å². The lowest BCUT2D eigenvalue weighted by atomic mass is 10.2. The Kier molecular flexibility index (Phi) is 4.96. The molecule has 1 N–H and O–H groups in total. The van der Waals surface area contributed by atoms with E-state index < -0.39 is 0 Å². The molecule has 1 atom stereocenters.